The molecule has 414 valence electrons. The van der Waals surface area contributed by atoms with E-state index in [-0.39, 0.29) is 25.2 Å². The van der Waals surface area contributed by atoms with Gasteiger partial charge in [-0.05, 0) is 64.2 Å². The van der Waals surface area contributed by atoms with Gasteiger partial charge in [0.1, 0.15) is 6.61 Å². The van der Waals surface area contributed by atoms with Crippen molar-refractivity contribution in [1.29, 1.82) is 0 Å². The summed E-state index contributed by atoms with van der Waals surface area (Å²) in [4.78, 5) is 24.5. The molecular formula is C65H124O5. The van der Waals surface area contributed by atoms with Crippen LogP contribution in [0.4, 0.5) is 0 Å². The normalized spacial score (nSPS) is 12.2. The first kappa shape index (κ1) is 68.4. The Labute approximate surface area is 438 Å². The zero-order valence-corrected chi connectivity index (χ0v) is 47.6. The summed E-state index contributed by atoms with van der Waals surface area (Å²) in [6.07, 6.45) is 79.2. The van der Waals surface area contributed by atoms with Crippen LogP contribution in [0.1, 0.15) is 361 Å². The molecule has 0 spiro atoms. The Kier molecular flexibility index (Phi) is 60.3. The molecule has 0 rings (SSSR count). The van der Waals surface area contributed by atoms with Gasteiger partial charge >= 0.3 is 11.9 Å². The molecule has 5 heteroatoms. The van der Waals surface area contributed by atoms with Gasteiger partial charge in [-0.2, -0.15) is 0 Å². The lowest BCUT2D eigenvalue weighted by molar-refractivity contribution is -0.161. The van der Waals surface area contributed by atoms with Crippen LogP contribution in [0.2, 0.25) is 0 Å². The molecular weight excluding hydrogens is 861 g/mol. The first-order valence-corrected chi connectivity index (χ1v) is 31.9. The minimum Gasteiger partial charge on any atom is -0.462 e. The number of rotatable bonds is 60. The molecule has 0 saturated heterocycles. The van der Waals surface area contributed by atoms with Gasteiger partial charge in [-0.15, -0.1) is 0 Å². The van der Waals surface area contributed by atoms with E-state index in [0.29, 0.717) is 12.8 Å². The molecule has 0 saturated carbocycles. The predicted octanol–water partition coefficient (Wildman–Crippen LogP) is 21.7. The van der Waals surface area contributed by atoms with Crippen molar-refractivity contribution in [1.82, 2.24) is 0 Å². The van der Waals surface area contributed by atoms with E-state index in [1.165, 1.54) is 295 Å². The van der Waals surface area contributed by atoms with Crippen LogP contribution < -0.4 is 0 Å². The minimum atomic E-state index is -0.770. The van der Waals surface area contributed by atoms with Gasteiger partial charge in [-0.1, -0.05) is 308 Å². The second-order valence-electron chi connectivity index (χ2n) is 21.8. The van der Waals surface area contributed by atoms with Gasteiger partial charge in [0, 0.05) is 12.8 Å². The summed E-state index contributed by atoms with van der Waals surface area (Å²) in [7, 11) is 0. The Balaban J connectivity index is 3.35. The summed E-state index contributed by atoms with van der Waals surface area (Å²) in [5.41, 5.74) is 0. The van der Waals surface area contributed by atoms with E-state index in [4.69, 9.17) is 9.47 Å². The summed E-state index contributed by atoms with van der Waals surface area (Å²) >= 11 is 0. The molecule has 0 aromatic heterocycles. The van der Waals surface area contributed by atoms with E-state index in [9.17, 15) is 14.7 Å². The molecule has 0 aliphatic heterocycles. The fourth-order valence-corrected chi connectivity index (χ4v) is 9.90. The van der Waals surface area contributed by atoms with Crippen LogP contribution in [0.3, 0.4) is 0 Å². The predicted molar refractivity (Wildman–Crippen MR) is 307 cm³/mol. The fourth-order valence-electron chi connectivity index (χ4n) is 9.90. The second-order valence-corrected chi connectivity index (χ2v) is 21.8. The monoisotopic (exact) mass is 985 g/mol. The molecule has 5 nitrogen and oxygen atoms in total. The Bertz CT molecular complexity index is 1070. The molecule has 0 aliphatic rings. The van der Waals surface area contributed by atoms with E-state index >= 15 is 0 Å². The van der Waals surface area contributed by atoms with E-state index in [1.807, 2.05) is 0 Å². The summed E-state index contributed by atoms with van der Waals surface area (Å²) in [6.45, 7) is 4.18. The average Bonchev–Trinajstić information content (AvgIpc) is 3.36. The number of allylic oxidation sites excluding steroid dienone is 4. The van der Waals surface area contributed by atoms with Gasteiger partial charge < -0.3 is 14.6 Å². The molecule has 0 fully saturated rings. The highest BCUT2D eigenvalue weighted by atomic mass is 16.6. The topological polar surface area (TPSA) is 72.8 Å². The molecule has 70 heavy (non-hydrogen) atoms. The van der Waals surface area contributed by atoms with Crippen LogP contribution in [-0.2, 0) is 19.1 Å². The van der Waals surface area contributed by atoms with Crippen molar-refractivity contribution in [2.24, 2.45) is 0 Å². The van der Waals surface area contributed by atoms with Crippen molar-refractivity contribution in [2.75, 3.05) is 13.2 Å². The lowest BCUT2D eigenvalue weighted by atomic mass is 10.0. The zero-order valence-electron chi connectivity index (χ0n) is 47.6. The average molecular weight is 986 g/mol. The summed E-state index contributed by atoms with van der Waals surface area (Å²) in [6, 6.07) is 0. The Morgan fingerprint density at radius 1 is 0.314 bits per heavy atom. The Morgan fingerprint density at radius 2 is 0.529 bits per heavy atom. The van der Waals surface area contributed by atoms with E-state index in [2.05, 4.69) is 38.2 Å². The van der Waals surface area contributed by atoms with Crippen molar-refractivity contribution in [3.8, 4) is 0 Å². The van der Waals surface area contributed by atoms with Crippen molar-refractivity contribution >= 4 is 11.9 Å². The third kappa shape index (κ3) is 58.9. The molecule has 0 amide bonds. The highest BCUT2D eigenvalue weighted by Crippen LogP contribution is 2.18. The highest BCUT2D eigenvalue weighted by Gasteiger charge is 2.16. The third-order valence-electron chi connectivity index (χ3n) is 14.7. The lowest BCUT2D eigenvalue weighted by Crippen LogP contribution is -2.28. The minimum absolute atomic E-state index is 0.0621. The highest BCUT2D eigenvalue weighted by molar-refractivity contribution is 5.70. The fraction of sp³-hybridized carbons (Fsp3) is 0.908. The number of hydrogen-bond acceptors (Lipinski definition) is 5. The number of carbonyl (C=O) groups is 2. The van der Waals surface area contributed by atoms with Crippen molar-refractivity contribution < 1.29 is 24.2 Å². The standard InChI is InChI=1S/C65H124O5/c1-3-5-7-9-11-13-15-17-19-21-22-23-24-25-26-27-28-29-30-31-32-33-34-35-36-37-38-39-40-41-42-44-46-48-50-52-54-56-58-60-65(68)70-63(61-66)62-69-64(67)59-57-55-53-51-49-47-45-43-20-18-16-14-12-10-8-6-4-2/h18,20-22,63,66H,3-17,19,23-62H2,1-2H3/b20-18-,22-21-. The van der Waals surface area contributed by atoms with Gasteiger partial charge in [-0.25, -0.2) is 0 Å². The molecule has 0 bridgehead atoms. The van der Waals surface area contributed by atoms with Gasteiger partial charge in [0.2, 0.25) is 0 Å². The number of aliphatic hydroxyl groups is 1. The van der Waals surface area contributed by atoms with E-state index < -0.39 is 6.10 Å². The number of carbonyl (C=O) groups excluding carboxylic acids is 2. The summed E-state index contributed by atoms with van der Waals surface area (Å²) < 4.78 is 10.7. The van der Waals surface area contributed by atoms with Crippen molar-refractivity contribution in [3.05, 3.63) is 24.3 Å². The largest absolute Gasteiger partial charge is 0.462 e. The van der Waals surface area contributed by atoms with Crippen LogP contribution in [0.5, 0.6) is 0 Å². The maximum absolute atomic E-state index is 12.3. The van der Waals surface area contributed by atoms with Gasteiger partial charge in [0.15, 0.2) is 6.10 Å². The third-order valence-corrected chi connectivity index (χ3v) is 14.7. The summed E-state index contributed by atoms with van der Waals surface area (Å²) in [5, 5.41) is 9.65. The maximum atomic E-state index is 12.3. The molecule has 0 radical (unpaired) electrons. The number of unbranched alkanes of at least 4 members (excludes halogenated alkanes) is 48. The molecule has 1 N–H and O–H groups in total. The Hall–Kier alpha value is -1.62. The molecule has 0 aliphatic carbocycles. The number of esters is 2. The van der Waals surface area contributed by atoms with Crippen LogP contribution in [0.15, 0.2) is 24.3 Å². The molecule has 0 aromatic rings. The quantitative estimate of drug-likeness (QED) is 0.0373. The van der Waals surface area contributed by atoms with Gasteiger partial charge in [0.25, 0.3) is 0 Å². The van der Waals surface area contributed by atoms with Crippen molar-refractivity contribution in [3.63, 3.8) is 0 Å². The first-order valence-electron chi connectivity index (χ1n) is 31.9. The number of aliphatic hydroxyl groups excluding tert-OH is 1. The smallest absolute Gasteiger partial charge is 0.306 e. The van der Waals surface area contributed by atoms with Crippen molar-refractivity contribution in [2.45, 2.75) is 367 Å². The van der Waals surface area contributed by atoms with Crippen LogP contribution in [-0.4, -0.2) is 36.4 Å². The summed E-state index contributed by atoms with van der Waals surface area (Å²) in [5.74, 6) is -0.576. The Morgan fingerprint density at radius 3 is 0.771 bits per heavy atom. The lowest BCUT2D eigenvalue weighted by Gasteiger charge is -2.15. The van der Waals surface area contributed by atoms with E-state index in [1.54, 1.807) is 0 Å². The second kappa shape index (κ2) is 61.7. The molecule has 1 unspecified atom stereocenters. The molecule has 1 atom stereocenters. The van der Waals surface area contributed by atoms with Gasteiger partial charge in [-0.3, -0.25) is 9.59 Å². The van der Waals surface area contributed by atoms with Crippen LogP contribution in [0, 0.1) is 0 Å². The molecule has 0 heterocycles. The van der Waals surface area contributed by atoms with Gasteiger partial charge in [0.05, 0.1) is 6.61 Å². The maximum Gasteiger partial charge on any atom is 0.306 e. The van der Waals surface area contributed by atoms with Crippen LogP contribution >= 0.6 is 0 Å². The molecule has 0 aromatic carbocycles. The number of ether oxygens (including phenoxy) is 2. The van der Waals surface area contributed by atoms with Crippen LogP contribution in [0.25, 0.3) is 0 Å². The zero-order chi connectivity index (χ0) is 50.6. The first-order chi connectivity index (χ1) is 34.6. The van der Waals surface area contributed by atoms with E-state index in [0.717, 1.165) is 38.5 Å². The number of hydrogen-bond donors (Lipinski definition) is 1. The SMILES string of the molecule is CCCCCCCC/C=C\CCCCCCCCCC(=O)OCC(CO)OC(=O)CCCCCCCCCCCCCCCCCCCCCCCCCCCCC/C=C\CCCCCCCCCC.